The van der Waals surface area contributed by atoms with Crippen molar-refractivity contribution in [2.24, 2.45) is 5.92 Å². The van der Waals surface area contributed by atoms with Gasteiger partial charge in [-0.2, -0.15) is 17.5 Å². The maximum atomic E-state index is 13.6. The summed E-state index contributed by atoms with van der Waals surface area (Å²) in [7, 11) is -3.72. The summed E-state index contributed by atoms with van der Waals surface area (Å²) in [5.41, 5.74) is 0.963. The number of rotatable bonds is 9. The van der Waals surface area contributed by atoms with Crippen LogP contribution in [-0.4, -0.2) is 92.8 Å². The largest absolute Gasteiger partial charge is 0.462 e. The van der Waals surface area contributed by atoms with Crippen molar-refractivity contribution in [2.75, 3.05) is 63.1 Å². The van der Waals surface area contributed by atoms with Gasteiger partial charge in [-0.05, 0) is 74.5 Å². The molecule has 2 aromatic rings. The number of pyridine rings is 1. The van der Waals surface area contributed by atoms with E-state index >= 15 is 0 Å². The second kappa shape index (κ2) is 12.9. The van der Waals surface area contributed by atoms with Crippen LogP contribution in [0.2, 0.25) is 0 Å². The Balaban J connectivity index is 1.15. The van der Waals surface area contributed by atoms with E-state index in [0.717, 1.165) is 63.4 Å². The topological polar surface area (TPSA) is 95.1 Å². The number of piperidine rings is 1. The molecule has 230 valence electrons. The molecule has 3 aliphatic rings. The minimum absolute atomic E-state index is 0.0401. The maximum absolute atomic E-state index is 13.6. The molecule has 13 heteroatoms. The molecule has 1 N–H and O–H groups in total. The molecule has 5 rings (SSSR count). The zero-order chi connectivity index (χ0) is 29.9. The highest BCUT2D eigenvalue weighted by atomic mass is 32.2. The number of esters is 1. The fraction of sp³-hybridized carbons (Fsp3) is 0.586. The van der Waals surface area contributed by atoms with Crippen molar-refractivity contribution in [3.05, 3.63) is 59.4 Å². The van der Waals surface area contributed by atoms with Crippen LogP contribution in [0.5, 0.6) is 0 Å². The number of carbonyl (C=O) groups is 1. The average Bonchev–Trinajstić information content (AvgIpc) is 2.98. The Labute approximate surface area is 245 Å². The van der Waals surface area contributed by atoms with Gasteiger partial charge in [0.2, 0.25) is 10.0 Å². The zero-order valence-corrected chi connectivity index (χ0v) is 24.5. The lowest BCUT2D eigenvalue weighted by molar-refractivity contribution is -0.137. The van der Waals surface area contributed by atoms with Crippen LogP contribution in [0.4, 0.5) is 18.9 Å². The number of aromatic nitrogens is 1. The fourth-order valence-corrected chi connectivity index (χ4v) is 8.10. The molecule has 9 nitrogen and oxygen atoms in total. The predicted molar refractivity (Wildman–Crippen MR) is 153 cm³/mol. The van der Waals surface area contributed by atoms with E-state index in [1.54, 1.807) is 19.1 Å². The molecule has 0 radical (unpaired) electrons. The van der Waals surface area contributed by atoms with Crippen molar-refractivity contribution in [1.82, 2.24) is 19.5 Å². The number of sulfonamides is 1. The third-order valence-electron chi connectivity index (χ3n) is 8.54. The summed E-state index contributed by atoms with van der Waals surface area (Å²) in [4.78, 5) is 20.2. The quantitative estimate of drug-likeness (QED) is 0.432. The molecular weight excluding hydrogens is 571 g/mol. The fourth-order valence-electron chi connectivity index (χ4n) is 6.09. The summed E-state index contributed by atoms with van der Waals surface area (Å²) in [5, 5.41) is 3.12. The van der Waals surface area contributed by atoms with Gasteiger partial charge in [0.15, 0.2) is 0 Å². The molecule has 42 heavy (non-hydrogen) atoms. The van der Waals surface area contributed by atoms with E-state index in [1.807, 2.05) is 12.1 Å². The molecule has 1 aromatic carbocycles. The van der Waals surface area contributed by atoms with Gasteiger partial charge >= 0.3 is 12.1 Å². The highest BCUT2D eigenvalue weighted by molar-refractivity contribution is 7.89. The molecule has 0 spiro atoms. The predicted octanol–water partition coefficient (Wildman–Crippen LogP) is 3.54. The monoisotopic (exact) mass is 609 g/mol. The highest BCUT2D eigenvalue weighted by Crippen LogP contribution is 2.34. The smallest absolute Gasteiger partial charge is 0.417 e. The molecule has 3 fully saturated rings. The van der Waals surface area contributed by atoms with Gasteiger partial charge in [0.1, 0.15) is 0 Å². The summed E-state index contributed by atoms with van der Waals surface area (Å²) < 4.78 is 73.5. The number of alkyl halides is 3. The Hall–Kier alpha value is -2.74. The lowest BCUT2D eigenvalue weighted by Crippen LogP contribution is -2.57. The number of hydrogen-bond acceptors (Lipinski definition) is 8. The van der Waals surface area contributed by atoms with E-state index in [-0.39, 0.29) is 36.4 Å². The van der Waals surface area contributed by atoms with Crippen molar-refractivity contribution in [3.8, 4) is 0 Å². The highest BCUT2D eigenvalue weighted by Gasteiger charge is 2.40. The number of likely N-dealkylation sites (tertiary alicyclic amines) is 1. The summed E-state index contributed by atoms with van der Waals surface area (Å²) in [6.45, 7) is 6.45. The molecular formula is C29H38F3N5O4S. The van der Waals surface area contributed by atoms with E-state index in [2.05, 4.69) is 20.1 Å². The Morgan fingerprint density at radius 2 is 1.81 bits per heavy atom. The maximum Gasteiger partial charge on any atom is 0.417 e. The Morgan fingerprint density at radius 1 is 1.07 bits per heavy atom. The van der Waals surface area contributed by atoms with E-state index in [9.17, 15) is 26.4 Å². The van der Waals surface area contributed by atoms with E-state index in [0.29, 0.717) is 24.6 Å². The molecule has 4 heterocycles. The third-order valence-corrected chi connectivity index (χ3v) is 10.5. The van der Waals surface area contributed by atoms with Gasteiger partial charge in [0.25, 0.3) is 0 Å². The number of hydrogen-bond donors (Lipinski definition) is 1. The normalized spacial score (nSPS) is 23.0. The first-order valence-electron chi connectivity index (χ1n) is 14.5. The third kappa shape index (κ3) is 7.07. The molecule has 0 aliphatic carbocycles. The summed E-state index contributed by atoms with van der Waals surface area (Å²) >= 11 is 0. The van der Waals surface area contributed by atoms with Gasteiger partial charge in [0.05, 0.1) is 29.5 Å². The number of halogens is 3. The number of nitrogens with one attached hydrogen (secondary N) is 1. The van der Waals surface area contributed by atoms with Crippen LogP contribution in [0.1, 0.15) is 53.7 Å². The van der Waals surface area contributed by atoms with Gasteiger partial charge in [-0.25, -0.2) is 13.2 Å². The first-order chi connectivity index (χ1) is 20.0. The molecule has 0 bridgehead atoms. The van der Waals surface area contributed by atoms with Crippen molar-refractivity contribution in [1.29, 1.82) is 0 Å². The zero-order valence-electron chi connectivity index (χ0n) is 23.7. The summed E-state index contributed by atoms with van der Waals surface area (Å²) in [5.74, 6) is 0.0874. The van der Waals surface area contributed by atoms with E-state index < -0.39 is 27.8 Å². The van der Waals surface area contributed by atoms with Crippen LogP contribution in [0.3, 0.4) is 0 Å². The molecule has 1 aromatic heterocycles. The van der Waals surface area contributed by atoms with Crippen LogP contribution >= 0.6 is 0 Å². The van der Waals surface area contributed by atoms with Gasteiger partial charge in [-0.15, -0.1) is 0 Å². The van der Waals surface area contributed by atoms with Crippen LogP contribution in [-0.2, 0) is 20.9 Å². The van der Waals surface area contributed by atoms with Crippen molar-refractivity contribution < 1.29 is 31.1 Å². The van der Waals surface area contributed by atoms with E-state index in [4.69, 9.17) is 4.74 Å². The number of ether oxygens (including phenoxy) is 1. The van der Waals surface area contributed by atoms with Gasteiger partial charge < -0.3 is 15.0 Å². The molecule has 3 aliphatic heterocycles. The van der Waals surface area contributed by atoms with Crippen LogP contribution < -0.4 is 10.2 Å². The molecule has 2 atom stereocenters. The standard InChI is InChI=1S/C29H38F3N5O4S/c1-2-41-28(38)22-3-5-25(6-4-22)35-11-7-21(8-12-35)19-36-13-9-26(36)20-42(39,40)37-14-10-33-18-27(37)23-15-24(17-34-16-23)29(30,31)32/h3-6,15-17,21,26-27,33H,2,7-14,18-20H2,1H3. The summed E-state index contributed by atoms with van der Waals surface area (Å²) in [6, 6.07) is 7.64. The lowest BCUT2D eigenvalue weighted by Gasteiger charge is -2.45. The SMILES string of the molecule is CCOC(=O)c1ccc(N2CCC(CN3CCC3CS(=O)(=O)N3CCNCC3c3cncc(C(F)(F)F)c3)CC2)cc1. The minimum atomic E-state index is -4.55. The Morgan fingerprint density at radius 3 is 2.45 bits per heavy atom. The van der Waals surface area contributed by atoms with E-state index in [1.165, 1.54) is 10.5 Å². The number of nitrogens with zero attached hydrogens (tertiary/aromatic N) is 4. The van der Waals surface area contributed by atoms with Gasteiger partial charge in [-0.3, -0.25) is 9.88 Å². The van der Waals surface area contributed by atoms with Crippen molar-refractivity contribution >= 4 is 21.7 Å². The average molecular weight is 610 g/mol. The summed E-state index contributed by atoms with van der Waals surface area (Å²) in [6.07, 6.45) is 0.290. The van der Waals surface area contributed by atoms with Gasteiger partial charge in [-0.1, -0.05) is 0 Å². The van der Waals surface area contributed by atoms with Crippen molar-refractivity contribution in [2.45, 2.75) is 44.4 Å². The number of anilines is 1. The second-order valence-electron chi connectivity index (χ2n) is 11.2. The number of benzene rings is 1. The molecule has 0 saturated carbocycles. The first-order valence-corrected chi connectivity index (χ1v) is 16.1. The second-order valence-corrected chi connectivity index (χ2v) is 13.2. The van der Waals surface area contributed by atoms with Crippen molar-refractivity contribution in [3.63, 3.8) is 0 Å². The number of piperazine rings is 1. The van der Waals surface area contributed by atoms with Crippen LogP contribution in [0.25, 0.3) is 0 Å². The van der Waals surface area contributed by atoms with Crippen LogP contribution in [0.15, 0.2) is 42.7 Å². The Kier molecular flexibility index (Phi) is 9.41. The van der Waals surface area contributed by atoms with Gasteiger partial charge in [0, 0.05) is 63.4 Å². The lowest BCUT2D eigenvalue weighted by atomic mass is 9.93. The molecule has 2 unspecified atom stereocenters. The minimum Gasteiger partial charge on any atom is -0.462 e. The molecule has 3 saturated heterocycles. The Bertz CT molecular complexity index is 1330. The molecule has 0 amide bonds. The van der Waals surface area contributed by atoms with Crippen LogP contribution in [0, 0.1) is 5.92 Å². The first kappa shape index (κ1) is 30.7. The number of carbonyl (C=O) groups excluding carboxylic acids is 1.